The molecule has 3 aromatic heterocycles. The lowest BCUT2D eigenvalue weighted by Gasteiger charge is -2.39. The van der Waals surface area contributed by atoms with E-state index in [1.807, 2.05) is 24.3 Å². The van der Waals surface area contributed by atoms with Crippen LogP contribution >= 0.6 is 0 Å². The molecule has 1 aliphatic heterocycles. The number of nitrogens with zero attached hydrogens (tertiary/aromatic N) is 5. The lowest BCUT2D eigenvalue weighted by Crippen LogP contribution is -2.54. The second-order valence-corrected chi connectivity index (χ2v) is 7.89. The first-order valence-electron chi connectivity index (χ1n) is 10.6. The highest BCUT2D eigenvalue weighted by Gasteiger charge is 2.31. The third-order valence-electron chi connectivity index (χ3n) is 5.87. The van der Waals surface area contributed by atoms with Crippen LogP contribution < -0.4 is 9.64 Å². The number of pyridine rings is 2. The fraction of sp³-hybridized carbons (Fsp3) is 0.200. The van der Waals surface area contributed by atoms with Crippen molar-refractivity contribution in [1.29, 1.82) is 0 Å². The number of allylic oxidation sites excluding steroid dienone is 1. The first kappa shape index (κ1) is 18.0. The molecule has 4 heterocycles. The molecular weight excluding hydrogens is 386 g/mol. The van der Waals surface area contributed by atoms with Gasteiger partial charge >= 0.3 is 0 Å². The van der Waals surface area contributed by atoms with Crippen molar-refractivity contribution < 1.29 is 4.74 Å². The van der Waals surface area contributed by atoms with Crippen LogP contribution in [-0.2, 0) is 6.42 Å². The number of hydrogen-bond acceptors (Lipinski definition) is 6. The third-order valence-corrected chi connectivity index (χ3v) is 5.87. The molecule has 0 bridgehead atoms. The zero-order valence-electron chi connectivity index (χ0n) is 17.0. The molecular formula is C25H21N5O. The van der Waals surface area contributed by atoms with E-state index in [4.69, 9.17) is 9.72 Å². The summed E-state index contributed by atoms with van der Waals surface area (Å²) in [4.78, 5) is 20.6. The van der Waals surface area contributed by atoms with E-state index in [1.54, 1.807) is 18.6 Å². The number of aryl methyl sites for hydroxylation is 1. The van der Waals surface area contributed by atoms with Crippen LogP contribution in [0.2, 0.25) is 0 Å². The molecule has 0 radical (unpaired) electrons. The van der Waals surface area contributed by atoms with Crippen molar-refractivity contribution in [1.82, 2.24) is 19.9 Å². The highest BCUT2D eigenvalue weighted by atomic mass is 16.5. The van der Waals surface area contributed by atoms with E-state index in [0.29, 0.717) is 5.88 Å². The molecule has 6 nitrogen and oxygen atoms in total. The summed E-state index contributed by atoms with van der Waals surface area (Å²) in [5, 5.41) is 1.04. The van der Waals surface area contributed by atoms with Gasteiger partial charge in [-0.3, -0.25) is 4.98 Å². The second-order valence-electron chi connectivity index (χ2n) is 7.89. The molecule has 31 heavy (non-hydrogen) atoms. The highest BCUT2D eigenvalue weighted by molar-refractivity contribution is 5.94. The lowest BCUT2D eigenvalue weighted by atomic mass is 10.0. The molecule has 0 spiro atoms. The van der Waals surface area contributed by atoms with Gasteiger partial charge < -0.3 is 9.64 Å². The first-order chi connectivity index (χ1) is 15.3. The highest BCUT2D eigenvalue weighted by Crippen LogP contribution is 2.33. The summed E-state index contributed by atoms with van der Waals surface area (Å²) >= 11 is 0. The number of anilines is 1. The van der Waals surface area contributed by atoms with Gasteiger partial charge in [0.1, 0.15) is 17.6 Å². The molecule has 0 atom stereocenters. The predicted octanol–water partition coefficient (Wildman–Crippen LogP) is 4.31. The molecule has 152 valence electrons. The maximum Gasteiger partial charge on any atom is 0.241 e. The van der Waals surface area contributed by atoms with Crippen molar-refractivity contribution in [3.05, 3.63) is 78.4 Å². The van der Waals surface area contributed by atoms with Crippen LogP contribution in [0.1, 0.15) is 17.7 Å². The Morgan fingerprint density at radius 3 is 2.81 bits per heavy atom. The van der Waals surface area contributed by atoms with Gasteiger partial charge in [-0.15, -0.1) is 0 Å². The Balaban J connectivity index is 1.22. The van der Waals surface area contributed by atoms with Crippen LogP contribution in [-0.4, -0.2) is 39.1 Å². The van der Waals surface area contributed by atoms with Crippen LogP contribution in [0.25, 0.3) is 28.2 Å². The Morgan fingerprint density at radius 2 is 1.84 bits per heavy atom. The fourth-order valence-electron chi connectivity index (χ4n) is 4.22. The molecule has 1 aliphatic carbocycles. The van der Waals surface area contributed by atoms with Crippen LogP contribution in [0.3, 0.4) is 0 Å². The van der Waals surface area contributed by atoms with Gasteiger partial charge in [0, 0.05) is 29.5 Å². The average Bonchev–Trinajstić information content (AvgIpc) is 2.81. The summed E-state index contributed by atoms with van der Waals surface area (Å²) in [6.45, 7) is 1.56. The molecule has 0 saturated carbocycles. The predicted molar refractivity (Wildman–Crippen MR) is 121 cm³/mol. The molecule has 0 N–H and O–H groups in total. The molecule has 1 saturated heterocycles. The smallest absolute Gasteiger partial charge is 0.241 e. The number of benzene rings is 1. The number of hydrogen-bond donors (Lipinski definition) is 0. The minimum Gasteiger partial charge on any atom is -0.469 e. The van der Waals surface area contributed by atoms with Crippen molar-refractivity contribution in [2.24, 2.45) is 0 Å². The standard InChI is InChI=1S/C25H21N5O/c1-2-8-21-17(5-1)10-11-23(29-21)30-15-18(16-30)31-25-24(27-13-14-28-25)20-6-3-9-22-19(20)7-4-12-26-22/h2-4,6-14,18H,1,5,15-16H2. The maximum absolute atomic E-state index is 6.27. The summed E-state index contributed by atoms with van der Waals surface area (Å²) < 4.78 is 6.27. The average molecular weight is 407 g/mol. The van der Waals surface area contributed by atoms with Crippen molar-refractivity contribution in [3.63, 3.8) is 0 Å². The van der Waals surface area contributed by atoms with Crippen LogP contribution in [0.15, 0.2) is 67.1 Å². The quantitative estimate of drug-likeness (QED) is 0.502. The van der Waals surface area contributed by atoms with Gasteiger partial charge in [0.2, 0.25) is 5.88 Å². The van der Waals surface area contributed by atoms with E-state index in [9.17, 15) is 0 Å². The van der Waals surface area contributed by atoms with Gasteiger partial charge in [-0.1, -0.05) is 30.3 Å². The summed E-state index contributed by atoms with van der Waals surface area (Å²) in [6.07, 6.45) is 11.7. The van der Waals surface area contributed by atoms with Crippen molar-refractivity contribution >= 4 is 22.8 Å². The van der Waals surface area contributed by atoms with E-state index in [2.05, 4.69) is 50.2 Å². The summed E-state index contributed by atoms with van der Waals surface area (Å²) in [6, 6.07) is 14.3. The van der Waals surface area contributed by atoms with Crippen LogP contribution in [0.4, 0.5) is 5.82 Å². The largest absolute Gasteiger partial charge is 0.469 e. The zero-order chi connectivity index (χ0) is 20.6. The molecule has 4 aromatic rings. The second kappa shape index (κ2) is 7.47. The Hall–Kier alpha value is -3.80. The summed E-state index contributed by atoms with van der Waals surface area (Å²) in [5.41, 5.74) is 5.07. The molecule has 0 unspecified atom stereocenters. The monoisotopic (exact) mass is 407 g/mol. The SMILES string of the molecule is C1=Cc2nc(N3CC(Oc4nccnc4-c4cccc5ncccc45)C3)ccc2CC1. The van der Waals surface area contributed by atoms with E-state index in [1.165, 1.54) is 5.56 Å². The van der Waals surface area contributed by atoms with Crippen LogP contribution in [0, 0.1) is 0 Å². The van der Waals surface area contributed by atoms with Gasteiger partial charge in [-0.25, -0.2) is 15.0 Å². The Labute approximate surface area is 180 Å². The van der Waals surface area contributed by atoms with Crippen molar-refractivity contribution in [2.45, 2.75) is 18.9 Å². The summed E-state index contributed by atoms with van der Waals surface area (Å²) in [7, 11) is 0. The molecule has 1 aromatic carbocycles. The number of ether oxygens (including phenoxy) is 1. The minimum absolute atomic E-state index is 0.0527. The topological polar surface area (TPSA) is 64.0 Å². The minimum atomic E-state index is 0.0527. The van der Waals surface area contributed by atoms with Gasteiger partial charge in [0.15, 0.2) is 0 Å². The van der Waals surface area contributed by atoms with E-state index in [0.717, 1.165) is 59.6 Å². The van der Waals surface area contributed by atoms with Gasteiger partial charge in [0.25, 0.3) is 0 Å². The Bertz CT molecular complexity index is 1290. The molecule has 6 heteroatoms. The van der Waals surface area contributed by atoms with E-state index in [-0.39, 0.29) is 6.10 Å². The van der Waals surface area contributed by atoms with Gasteiger partial charge in [-0.2, -0.15) is 0 Å². The lowest BCUT2D eigenvalue weighted by molar-refractivity contribution is 0.160. The van der Waals surface area contributed by atoms with E-state index < -0.39 is 0 Å². The summed E-state index contributed by atoms with van der Waals surface area (Å²) in [5.74, 6) is 1.56. The van der Waals surface area contributed by atoms with Gasteiger partial charge in [-0.05, 0) is 42.7 Å². The van der Waals surface area contributed by atoms with Crippen LogP contribution in [0.5, 0.6) is 5.88 Å². The Kier molecular flexibility index (Phi) is 4.34. The van der Waals surface area contributed by atoms with Crippen molar-refractivity contribution in [2.75, 3.05) is 18.0 Å². The molecule has 6 rings (SSSR count). The molecule has 2 aliphatic rings. The third kappa shape index (κ3) is 3.30. The Morgan fingerprint density at radius 1 is 0.903 bits per heavy atom. The zero-order valence-corrected chi connectivity index (χ0v) is 17.0. The number of rotatable bonds is 4. The van der Waals surface area contributed by atoms with Crippen molar-refractivity contribution in [3.8, 4) is 17.1 Å². The first-order valence-corrected chi connectivity index (χ1v) is 10.6. The van der Waals surface area contributed by atoms with E-state index >= 15 is 0 Å². The maximum atomic E-state index is 6.27. The molecule has 1 fully saturated rings. The van der Waals surface area contributed by atoms with Gasteiger partial charge in [0.05, 0.1) is 24.3 Å². The normalized spacial score (nSPS) is 15.5. The number of aromatic nitrogens is 4. The number of fused-ring (bicyclic) bond motifs is 2. The fourth-order valence-corrected chi connectivity index (χ4v) is 4.22. The molecule has 0 amide bonds.